The minimum atomic E-state index is -0.899. The van der Waals surface area contributed by atoms with Crippen LogP contribution < -0.4 is 0 Å². The van der Waals surface area contributed by atoms with Crippen molar-refractivity contribution in [1.82, 2.24) is 4.90 Å². The maximum absolute atomic E-state index is 11.8. The Bertz CT molecular complexity index is 269. The average Bonchev–Trinajstić information content (AvgIpc) is 2.28. The minimum absolute atomic E-state index is 0.0424. The SMILES string of the molecule is COCCCC(=O)N1CCO[C@H](CC(=O)O)C1. The van der Waals surface area contributed by atoms with E-state index >= 15 is 0 Å². The highest BCUT2D eigenvalue weighted by molar-refractivity contribution is 5.76. The first-order valence-electron chi connectivity index (χ1n) is 5.73. The van der Waals surface area contributed by atoms with Gasteiger partial charge in [-0.1, -0.05) is 0 Å². The molecule has 17 heavy (non-hydrogen) atoms. The lowest BCUT2D eigenvalue weighted by atomic mass is 10.2. The summed E-state index contributed by atoms with van der Waals surface area (Å²) in [6.07, 6.45) is 0.693. The number of carboxylic acids is 1. The quantitative estimate of drug-likeness (QED) is 0.672. The van der Waals surface area contributed by atoms with Gasteiger partial charge in [0.15, 0.2) is 0 Å². The highest BCUT2D eigenvalue weighted by Crippen LogP contribution is 2.10. The maximum Gasteiger partial charge on any atom is 0.306 e. The lowest BCUT2D eigenvalue weighted by Crippen LogP contribution is -2.46. The molecular formula is C11H19NO5. The van der Waals surface area contributed by atoms with Gasteiger partial charge < -0.3 is 19.5 Å². The van der Waals surface area contributed by atoms with Crippen molar-refractivity contribution in [3.05, 3.63) is 0 Å². The van der Waals surface area contributed by atoms with Gasteiger partial charge in [0.2, 0.25) is 5.91 Å². The zero-order valence-corrected chi connectivity index (χ0v) is 10.1. The zero-order chi connectivity index (χ0) is 12.7. The predicted octanol–water partition coefficient (Wildman–Crippen LogP) is 0.115. The van der Waals surface area contributed by atoms with Crippen LogP contribution in [0.15, 0.2) is 0 Å². The normalized spacial score (nSPS) is 20.3. The molecular weight excluding hydrogens is 226 g/mol. The van der Waals surface area contributed by atoms with Crippen molar-refractivity contribution >= 4 is 11.9 Å². The van der Waals surface area contributed by atoms with E-state index in [2.05, 4.69) is 0 Å². The zero-order valence-electron chi connectivity index (χ0n) is 10.1. The van der Waals surface area contributed by atoms with Crippen LogP contribution in [-0.4, -0.2) is 61.4 Å². The molecule has 1 N–H and O–H groups in total. The van der Waals surface area contributed by atoms with Gasteiger partial charge in [0, 0.05) is 33.2 Å². The van der Waals surface area contributed by atoms with Gasteiger partial charge in [-0.25, -0.2) is 0 Å². The second kappa shape index (κ2) is 7.24. The number of carboxylic acid groups (broad SMARTS) is 1. The lowest BCUT2D eigenvalue weighted by molar-refractivity contribution is -0.147. The molecule has 0 spiro atoms. The molecule has 6 heteroatoms. The molecule has 1 atom stereocenters. The number of aliphatic carboxylic acids is 1. The number of amides is 1. The summed E-state index contributed by atoms with van der Waals surface area (Å²) in [4.78, 5) is 24.0. The molecule has 1 fully saturated rings. The van der Waals surface area contributed by atoms with E-state index in [4.69, 9.17) is 14.6 Å². The summed E-state index contributed by atoms with van der Waals surface area (Å²) >= 11 is 0. The van der Waals surface area contributed by atoms with Crippen LogP contribution in [0.25, 0.3) is 0 Å². The molecule has 1 saturated heterocycles. The number of methoxy groups -OCH3 is 1. The Morgan fingerprint density at radius 2 is 2.29 bits per heavy atom. The summed E-state index contributed by atoms with van der Waals surface area (Å²) in [5.74, 6) is -0.857. The highest BCUT2D eigenvalue weighted by atomic mass is 16.5. The molecule has 1 rings (SSSR count). The summed E-state index contributed by atoms with van der Waals surface area (Å²) < 4.78 is 10.2. The Morgan fingerprint density at radius 1 is 1.53 bits per heavy atom. The summed E-state index contributed by atoms with van der Waals surface area (Å²) in [6, 6.07) is 0. The number of hydrogen-bond donors (Lipinski definition) is 1. The van der Waals surface area contributed by atoms with Gasteiger partial charge >= 0.3 is 5.97 Å². The van der Waals surface area contributed by atoms with Crippen LogP contribution in [-0.2, 0) is 19.1 Å². The van der Waals surface area contributed by atoms with E-state index in [1.54, 1.807) is 12.0 Å². The van der Waals surface area contributed by atoms with Gasteiger partial charge in [-0.15, -0.1) is 0 Å². The van der Waals surface area contributed by atoms with E-state index in [0.29, 0.717) is 39.1 Å². The van der Waals surface area contributed by atoms with Gasteiger partial charge in [0.25, 0.3) is 0 Å². The molecule has 0 aromatic carbocycles. The topological polar surface area (TPSA) is 76.1 Å². The summed E-state index contributed by atoms with van der Waals surface area (Å²) in [5, 5.41) is 8.66. The van der Waals surface area contributed by atoms with Crippen LogP contribution in [0.3, 0.4) is 0 Å². The monoisotopic (exact) mass is 245 g/mol. The second-order valence-corrected chi connectivity index (χ2v) is 4.03. The van der Waals surface area contributed by atoms with Crippen LogP contribution in [0, 0.1) is 0 Å². The molecule has 1 aliphatic heterocycles. The molecule has 0 aliphatic carbocycles. The van der Waals surface area contributed by atoms with E-state index in [0.717, 1.165) is 0 Å². The minimum Gasteiger partial charge on any atom is -0.481 e. The Kier molecular flexibility index (Phi) is 5.93. The fourth-order valence-corrected chi connectivity index (χ4v) is 1.79. The Morgan fingerprint density at radius 3 is 2.94 bits per heavy atom. The van der Waals surface area contributed by atoms with Gasteiger partial charge in [-0.05, 0) is 6.42 Å². The molecule has 0 unspecified atom stereocenters. The molecule has 0 bridgehead atoms. The van der Waals surface area contributed by atoms with Gasteiger partial charge in [-0.3, -0.25) is 9.59 Å². The molecule has 1 aliphatic rings. The van der Waals surface area contributed by atoms with Crippen LogP contribution in [0.1, 0.15) is 19.3 Å². The molecule has 1 heterocycles. The molecule has 6 nitrogen and oxygen atoms in total. The number of carbonyl (C=O) groups is 2. The summed E-state index contributed by atoms with van der Waals surface area (Å²) in [5.41, 5.74) is 0. The van der Waals surface area contributed by atoms with Crippen LogP contribution in [0.5, 0.6) is 0 Å². The number of hydrogen-bond acceptors (Lipinski definition) is 4. The fourth-order valence-electron chi connectivity index (χ4n) is 1.79. The number of morpholine rings is 1. The number of rotatable bonds is 6. The second-order valence-electron chi connectivity index (χ2n) is 4.03. The third-order valence-corrected chi connectivity index (χ3v) is 2.63. The number of carbonyl (C=O) groups excluding carboxylic acids is 1. The number of ether oxygens (including phenoxy) is 2. The standard InChI is InChI=1S/C11H19NO5/c1-16-5-2-3-10(13)12-4-6-17-9(8-12)7-11(14)15/h9H,2-8H2,1H3,(H,14,15)/t9-/m1/s1. The van der Waals surface area contributed by atoms with Crippen molar-refractivity contribution in [1.29, 1.82) is 0 Å². The molecule has 98 valence electrons. The van der Waals surface area contributed by atoms with Crippen molar-refractivity contribution in [3.63, 3.8) is 0 Å². The van der Waals surface area contributed by atoms with Crippen molar-refractivity contribution in [2.24, 2.45) is 0 Å². The average molecular weight is 245 g/mol. The first-order chi connectivity index (χ1) is 8.13. The lowest BCUT2D eigenvalue weighted by Gasteiger charge is -2.32. The predicted molar refractivity (Wildman–Crippen MR) is 59.7 cm³/mol. The third kappa shape index (κ3) is 5.14. The van der Waals surface area contributed by atoms with E-state index in [1.807, 2.05) is 0 Å². The van der Waals surface area contributed by atoms with Crippen LogP contribution >= 0.6 is 0 Å². The smallest absolute Gasteiger partial charge is 0.306 e. The van der Waals surface area contributed by atoms with Crippen LogP contribution in [0.4, 0.5) is 0 Å². The molecule has 0 aromatic heterocycles. The van der Waals surface area contributed by atoms with Crippen molar-refractivity contribution < 1.29 is 24.2 Å². The first-order valence-corrected chi connectivity index (χ1v) is 5.73. The molecule has 0 aromatic rings. The fraction of sp³-hybridized carbons (Fsp3) is 0.818. The largest absolute Gasteiger partial charge is 0.481 e. The Labute approximate surface area is 100 Å². The summed E-state index contributed by atoms with van der Waals surface area (Å²) in [6.45, 7) is 1.89. The van der Waals surface area contributed by atoms with Crippen LogP contribution in [0.2, 0.25) is 0 Å². The van der Waals surface area contributed by atoms with E-state index in [1.165, 1.54) is 0 Å². The third-order valence-electron chi connectivity index (χ3n) is 2.63. The van der Waals surface area contributed by atoms with E-state index in [-0.39, 0.29) is 18.4 Å². The Hall–Kier alpha value is -1.14. The van der Waals surface area contributed by atoms with Gasteiger partial charge in [-0.2, -0.15) is 0 Å². The van der Waals surface area contributed by atoms with Crippen molar-refractivity contribution in [2.45, 2.75) is 25.4 Å². The van der Waals surface area contributed by atoms with E-state index in [9.17, 15) is 9.59 Å². The molecule has 1 amide bonds. The van der Waals surface area contributed by atoms with Gasteiger partial charge in [0.05, 0.1) is 19.1 Å². The maximum atomic E-state index is 11.8. The molecule has 0 saturated carbocycles. The summed E-state index contributed by atoms with van der Waals surface area (Å²) in [7, 11) is 1.60. The number of nitrogens with zero attached hydrogens (tertiary/aromatic N) is 1. The van der Waals surface area contributed by atoms with Crippen molar-refractivity contribution in [3.8, 4) is 0 Å². The molecule has 0 radical (unpaired) electrons. The van der Waals surface area contributed by atoms with Gasteiger partial charge in [0.1, 0.15) is 0 Å². The van der Waals surface area contributed by atoms with E-state index < -0.39 is 5.97 Å². The van der Waals surface area contributed by atoms with Crippen molar-refractivity contribution in [2.75, 3.05) is 33.4 Å². The Balaban J connectivity index is 2.32. The first kappa shape index (κ1) is 13.9. The highest BCUT2D eigenvalue weighted by Gasteiger charge is 2.25.